The Kier molecular flexibility index (Phi) is 5.77. The number of aliphatic hydroxyl groups is 1. The Morgan fingerprint density at radius 3 is 2.40 bits per heavy atom. The van der Waals surface area contributed by atoms with Gasteiger partial charge in [0.25, 0.3) is 0 Å². The topological polar surface area (TPSA) is 29.5 Å². The van der Waals surface area contributed by atoms with Gasteiger partial charge in [0.15, 0.2) is 0 Å². The zero-order chi connectivity index (χ0) is 14.4. The van der Waals surface area contributed by atoms with Gasteiger partial charge in [0, 0.05) is 15.7 Å². The number of aliphatic hydroxyl groups excluding tert-OH is 1. The average molecular weight is 309 g/mol. The standard InChI is InChI=1S/C16H17ClO2S/c1-12-2-8-16(9-3-12)20-11-14(18)10-19-15-6-4-13(17)5-7-15/h2-9,14,18H,10-11H2,1H3/t14-/m1/s1. The molecule has 0 bridgehead atoms. The lowest BCUT2D eigenvalue weighted by molar-refractivity contribution is 0.126. The van der Waals surface area contributed by atoms with E-state index in [1.165, 1.54) is 5.56 Å². The smallest absolute Gasteiger partial charge is 0.119 e. The van der Waals surface area contributed by atoms with Gasteiger partial charge in [-0.3, -0.25) is 0 Å². The van der Waals surface area contributed by atoms with E-state index in [0.717, 1.165) is 4.90 Å². The molecule has 4 heteroatoms. The third kappa shape index (κ3) is 5.08. The molecule has 0 radical (unpaired) electrons. The lowest BCUT2D eigenvalue weighted by Gasteiger charge is -2.12. The minimum Gasteiger partial charge on any atom is -0.491 e. The summed E-state index contributed by atoms with van der Waals surface area (Å²) in [5, 5.41) is 10.6. The second-order valence-electron chi connectivity index (χ2n) is 4.54. The van der Waals surface area contributed by atoms with Gasteiger partial charge >= 0.3 is 0 Å². The van der Waals surface area contributed by atoms with Crippen molar-refractivity contribution in [2.24, 2.45) is 0 Å². The van der Waals surface area contributed by atoms with Crippen molar-refractivity contribution in [3.05, 3.63) is 59.1 Å². The summed E-state index contributed by atoms with van der Waals surface area (Å²) >= 11 is 7.42. The maximum absolute atomic E-state index is 9.91. The fourth-order valence-electron chi connectivity index (χ4n) is 1.60. The molecule has 0 aromatic heterocycles. The molecule has 1 atom stereocenters. The summed E-state index contributed by atoms with van der Waals surface area (Å²) in [7, 11) is 0. The number of hydrogen-bond acceptors (Lipinski definition) is 3. The van der Waals surface area contributed by atoms with Crippen molar-refractivity contribution in [1.29, 1.82) is 0 Å². The van der Waals surface area contributed by atoms with Crippen LogP contribution >= 0.6 is 23.4 Å². The van der Waals surface area contributed by atoms with E-state index in [9.17, 15) is 5.11 Å². The van der Waals surface area contributed by atoms with Crippen LogP contribution in [0.4, 0.5) is 0 Å². The Bertz CT molecular complexity index is 476. The van der Waals surface area contributed by atoms with E-state index in [-0.39, 0.29) is 6.61 Å². The van der Waals surface area contributed by atoms with Crippen molar-refractivity contribution < 1.29 is 9.84 Å². The van der Waals surface area contributed by atoms with Gasteiger partial charge < -0.3 is 9.84 Å². The predicted octanol–water partition coefficient (Wildman–Crippen LogP) is 4.18. The zero-order valence-corrected chi connectivity index (χ0v) is 12.8. The van der Waals surface area contributed by atoms with Gasteiger partial charge in [-0.2, -0.15) is 0 Å². The molecule has 2 rings (SSSR count). The Morgan fingerprint density at radius 2 is 1.75 bits per heavy atom. The van der Waals surface area contributed by atoms with Gasteiger partial charge in [-0.25, -0.2) is 0 Å². The SMILES string of the molecule is Cc1ccc(SC[C@H](O)COc2ccc(Cl)cc2)cc1. The van der Waals surface area contributed by atoms with Crippen LogP contribution in [0.5, 0.6) is 5.75 Å². The molecule has 2 aromatic carbocycles. The first-order chi connectivity index (χ1) is 9.63. The van der Waals surface area contributed by atoms with Crippen molar-refractivity contribution >= 4 is 23.4 Å². The lowest BCUT2D eigenvalue weighted by atomic mass is 10.2. The normalized spacial score (nSPS) is 12.2. The molecule has 0 aliphatic heterocycles. The molecule has 0 saturated carbocycles. The summed E-state index contributed by atoms with van der Waals surface area (Å²) < 4.78 is 5.51. The molecule has 0 fully saturated rings. The first-order valence-electron chi connectivity index (χ1n) is 6.39. The van der Waals surface area contributed by atoms with E-state index in [1.807, 2.05) is 0 Å². The largest absolute Gasteiger partial charge is 0.491 e. The molecule has 2 aromatic rings. The molecule has 1 N–H and O–H groups in total. The minimum atomic E-state index is -0.503. The maximum Gasteiger partial charge on any atom is 0.119 e. The number of aryl methyl sites for hydroxylation is 1. The first kappa shape index (κ1) is 15.2. The lowest BCUT2D eigenvalue weighted by Crippen LogP contribution is -2.19. The Morgan fingerprint density at radius 1 is 1.10 bits per heavy atom. The second-order valence-corrected chi connectivity index (χ2v) is 6.07. The van der Waals surface area contributed by atoms with Crippen molar-refractivity contribution in [1.82, 2.24) is 0 Å². The van der Waals surface area contributed by atoms with E-state index in [4.69, 9.17) is 16.3 Å². The molecule has 0 spiro atoms. The first-order valence-corrected chi connectivity index (χ1v) is 7.76. The summed E-state index contributed by atoms with van der Waals surface area (Å²) in [6.45, 7) is 2.34. The van der Waals surface area contributed by atoms with Crippen LogP contribution < -0.4 is 4.74 Å². The third-order valence-corrected chi connectivity index (χ3v) is 4.13. The molecule has 20 heavy (non-hydrogen) atoms. The van der Waals surface area contributed by atoms with Crippen LogP contribution in [0.15, 0.2) is 53.4 Å². The molecule has 0 aliphatic carbocycles. The summed E-state index contributed by atoms with van der Waals surface area (Å²) in [5.74, 6) is 1.32. The number of benzene rings is 2. The van der Waals surface area contributed by atoms with Crippen LogP contribution in [0, 0.1) is 6.92 Å². The van der Waals surface area contributed by atoms with Crippen LogP contribution in [0.3, 0.4) is 0 Å². The van der Waals surface area contributed by atoms with Crippen LogP contribution in [0.25, 0.3) is 0 Å². The van der Waals surface area contributed by atoms with Crippen LogP contribution in [0.1, 0.15) is 5.56 Å². The second kappa shape index (κ2) is 7.58. The molecule has 0 aliphatic rings. The van der Waals surface area contributed by atoms with E-state index >= 15 is 0 Å². The van der Waals surface area contributed by atoms with Crippen LogP contribution in [-0.4, -0.2) is 23.6 Å². The van der Waals surface area contributed by atoms with Gasteiger partial charge in [-0.1, -0.05) is 29.3 Å². The van der Waals surface area contributed by atoms with Crippen molar-refractivity contribution in [3.63, 3.8) is 0 Å². The highest BCUT2D eigenvalue weighted by molar-refractivity contribution is 7.99. The highest BCUT2D eigenvalue weighted by atomic mass is 35.5. The number of thioether (sulfide) groups is 1. The average Bonchev–Trinajstić information content (AvgIpc) is 2.46. The van der Waals surface area contributed by atoms with E-state index in [1.54, 1.807) is 36.0 Å². The molecular formula is C16H17ClO2S. The van der Waals surface area contributed by atoms with E-state index < -0.39 is 6.10 Å². The Balaban J connectivity index is 1.73. The third-order valence-electron chi connectivity index (χ3n) is 2.72. The van der Waals surface area contributed by atoms with Crippen LogP contribution in [-0.2, 0) is 0 Å². The molecule has 0 heterocycles. The van der Waals surface area contributed by atoms with Gasteiger partial charge in [-0.15, -0.1) is 11.8 Å². The Hall–Kier alpha value is -1.16. The van der Waals surface area contributed by atoms with Crippen molar-refractivity contribution in [3.8, 4) is 5.75 Å². The number of hydrogen-bond donors (Lipinski definition) is 1. The Labute approximate surface area is 128 Å². The molecule has 0 amide bonds. The van der Waals surface area contributed by atoms with Crippen molar-refractivity contribution in [2.45, 2.75) is 17.9 Å². The summed E-state index contributed by atoms with van der Waals surface area (Å²) in [4.78, 5) is 1.15. The maximum atomic E-state index is 9.91. The van der Waals surface area contributed by atoms with Gasteiger partial charge in [-0.05, 0) is 43.3 Å². The zero-order valence-electron chi connectivity index (χ0n) is 11.3. The summed E-state index contributed by atoms with van der Waals surface area (Å²) in [5.41, 5.74) is 1.24. The predicted molar refractivity (Wildman–Crippen MR) is 84.9 cm³/mol. The number of halogens is 1. The highest BCUT2D eigenvalue weighted by Gasteiger charge is 2.06. The summed E-state index contributed by atoms with van der Waals surface area (Å²) in [6.07, 6.45) is -0.503. The molecule has 0 unspecified atom stereocenters. The molecular weight excluding hydrogens is 292 g/mol. The van der Waals surface area contributed by atoms with E-state index in [2.05, 4.69) is 31.2 Å². The molecule has 0 saturated heterocycles. The van der Waals surface area contributed by atoms with Gasteiger partial charge in [0.1, 0.15) is 12.4 Å². The minimum absolute atomic E-state index is 0.278. The van der Waals surface area contributed by atoms with E-state index in [0.29, 0.717) is 16.5 Å². The molecule has 2 nitrogen and oxygen atoms in total. The number of rotatable bonds is 6. The monoisotopic (exact) mass is 308 g/mol. The van der Waals surface area contributed by atoms with Gasteiger partial charge in [0.2, 0.25) is 0 Å². The molecule has 106 valence electrons. The highest BCUT2D eigenvalue weighted by Crippen LogP contribution is 2.20. The van der Waals surface area contributed by atoms with Crippen LogP contribution in [0.2, 0.25) is 5.02 Å². The van der Waals surface area contributed by atoms with Crippen molar-refractivity contribution in [2.75, 3.05) is 12.4 Å². The summed E-state index contributed by atoms with van der Waals surface area (Å²) in [6, 6.07) is 15.4. The fraction of sp³-hybridized carbons (Fsp3) is 0.250. The number of ether oxygens (including phenoxy) is 1. The fourth-order valence-corrected chi connectivity index (χ4v) is 2.53. The quantitative estimate of drug-likeness (QED) is 0.812. The van der Waals surface area contributed by atoms with Gasteiger partial charge in [0.05, 0.1) is 6.10 Å².